The van der Waals surface area contributed by atoms with Crippen LogP contribution in [0.15, 0.2) is 30.3 Å². The molecule has 1 aromatic carbocycles. The minimum absolute atomic E-state index is 0.249. The lowest BCUT2D eigenvalue weighted by Crippen LogP contribution is -2.18. The standard InChI is InChI=1S/C10H11F3O2/c11-10(12,13)7-15-8-14-6-9-4-2-1-3-5-9/h1-5H,6-8H2. The SMILES string of the molecule is FC(F)(F)COCOCc1ccccc1. The Hall–Kier alpha value is -1.07. The molecule has 0 spiro atoms. The van der Waals surface area contributed by atoms with E-state index in [1.165, 1.54) is 0 Å². The molecule has 0 atom stereocenters. The lowest BCUT2D eigenvalue weighted by Gasteiger charge is -2.08. The van der Waals surface area contributed by atoms with Crippen LogP contribution in [0.1, 0.15) is 5.56 Å². The summed E-state index contributed by atoms with van der Waals surface area (Å²) in [5.41, 5.74) is 0.896. The van der Waals surface area contributed by atoms with Gasteiger partial charge >= 0.3 is 6.18 Å². The van der Waals surface area contributed by atoms with Gasteiger partial charge in [0.1, 0.15) is 13.4 Å². The Labute approximate surface area is 85.6 Å². The third kappa shape index (κ3) is 6.09. The number of halogens is 3. The molecule has 1 aromatic rings. The highest BCUT2D eigenvalue weighted by Gasteiger charge is 2.27. The number of hydrogen-bond acceptors (Lipinski definition) is 2. The molecule has 0 saturated heterocycles. The molecule has 0 heterocycles. The first-order valence-electron chi connectivity index (χ1n) is 4.34. The van der Waals surface area contributed by atoms with E-state index in [1.54, 1.807) is 0 Å². The zero-order valence-electron chi connectivity index (χ0n) is 7.96. The highest BCUT2D eigenvalue weighted by Crippen LogP contribution is 2.14. The monoisotopic (exact) mass is 220 g/mol. The maximum atomic E-state index is 11.6. The van der Waals surface area contributed by atoms with E-state index in [2.05, 4.69) is 4.74 Å². The molecule has 0 amide bonds. The van der Waals surface area contributed by atoms with Crippen LogP contribution in [0.3, 0.4) is 0 Å². The molecule has 0 aromatic heterocycles. The fourth-order valence-corrected chi connectivity index (χ4v) is 0.950. The molecule has 1 rings (SSSR count). The summed E-state index contributed by atoms with van der Waals surface area (Å²) in [7, 11) is 0. The van der Waals surface area contributed by atoms with Crippen molar-refractivity contribution < 1.29 is 22.6 Å². The van der Waals surface area contributed by atoms with Crippen LogP contribution in [0.4, 0.5) is 13.2 Å². The molecule has 0 aliphatic rings. The topological polar surface area (TPSA) is 18.5 Å². The summed E-state index contributed by atoms with van der Waals surface area (Å²) in [6.45, 7) is -1.38. The lowest BCUT2D eigenvalue weighted by atomic mass is 10.2. The quantitative estimate of drug-likeness (QED) is 0.561. The Bertz CT molecular complexity index is 272. The third-order valence-corrected chi connectivity index (χ3v) is 1.54. The zero-order valence-corrected chi connectivity index (χ0v) is 7.96. The number of benzene rings is 1. The zero-order chi connectivity index (χ0) is 11.1. The normalized spacial score (nSPS) is 11.7. The van der Waals surface area contributed by atoms with Crippen molar-refractivity contribution in [1.82, 2.24) is 0 Å². The van der Waals surface area contributed by atoms with Gasteiger partial charge < -0.3 is 9.47 Å². The molecule has 0 radical (unpaired) electrons. The van der Waals surface area contributed by atoms with Crippen molar-refractivity contribution in [3.05, 3.63) is 35.9 Å². The molecular weight excluding hydrogens is 209 g/mol. The summed E-state index contributed by atoms with van der Waals surface area (Å²) in [6.07, 6.45) is -4.30. The van der Waals surface area contributed by atoms with Gasteiger partial charge in [-0.3, -0.25) is 0 Å². The minimum Gasteiger partial charge on any atom is -0.351 e. The van der Waals surface area contributed by atoms with Gasteiger partial charge in [0.2, 0.25) is 0 Å². The van der Waals surface area contributed by atoms with Gasteiger partial charge in [0.05, 0.1) is 6.61 Å². The summed E-state index contributed by atoms with van der Waals surface area (Å²) in [5.74, 6) is 0. The number of hydrogen-bond donors (Lipinski definition) is 0. The Morgan fingerprint density at radius 1 is 1.00 bits per heavy atom. The van der Waals surface area contributed by atoms with Crippen LogP contribution < -0.4 is 0 Å². The van der Waals surface area contributed by atoms with Crippen molar-refractivity contribution in [2.24, 2.45) is 0 Å². The van der Waals surface area contributed by atoms with Crippen molar-refractivity contribution >= 4 is 0 Å². The first-order chi connectivity index (χ1) is 7.08. The van der Waals surface area contributed by atoms with Gasteiger partial charge in [0.25, 0.3) is 0 Å². The molecular formula is C10H11F3O2. The summed E-state index contributed by atoms with van der Waals surface area (Å²) < 4.78 is 44.0. The minimum atomic E-state index is -4.30. The molecule has 84 valence electrons. The fourth-order valence-electron chi connectivity index (χ4n) is 0.950. The van der Waals surface area contributed by atoms with Gasteiger partial charge in [0, 0.05) is 0 Å². The second kappa shape index (κ2) is 5.72. The van der Waals surface area contributed by atoms with Crippen LogP contribution in [0.5, 0.6) is 0 Å². The maximum absolute atomic E-state index is 11.6. The number of ether oxygens (including phenoxy) is 2. The van der Waals surface area contributed by atoms with E-state index in [0.717, 1.165) is 5.56 Å². The Kier molecular flexibility index (Phi) is 4.58. The average molecular weight is 220 g/mol. The van der Waals surface area contributed by atoms with Gasteiger partial charge in [-0.05, 0) is 5.56 Å². The smallest absolute Gasteiger partial charge is 0.351 e. The van der Waals surface area contributed by atoms with E-state index in [4.69, 9.17) is 4.74 Å². The highest BCUT2D eigenvalue weighted by atomic mass is 19.4. The van der Waals surface area contributed by atoms with Gasteiger partial charge in [-0.15, -0.1) is 0 Å². The van der Waals surface area contributed by atoms with E-state index in [0.29, 0.717) is 0 Å². The van der Waals surface area contributed by atoms with E-state index in [9.17, 15) is 13.2 Å². The third-order valence-electron chi connectivity index (χ3n) is 1.54. The summed E-state index contributed by atoms with van der Waals surface area (Å²) in [6, 6.07) is 9.15. The lowest BCUT2D eigenvalue weighted by molar-refractivity contribution is -0.198. The van der Waals surface area contributed by atoms with Crippen LogP contribution in [-0.2, 0) is 16.1 Å². The molecule has 0 aliphatic carbocycles. The van der Waals surface area contributed by atoms with E-state index in [-0.39, 0.29) is 13.4 Å². The predicted molar refractivity (Wildman–Crippen MR) is 48.1 cm³/mol. The molecule has 0 unspecified atom stereocenters. The van der Waals surface area contributed by atoms with Crippen LogP contribution >= 0.6 is 0 Å². The Balaban J connectivity index is 2.08. The van der Waals surface area contributed by atoms with Crippen molar-refractivity contribution in [1.29, 1.82) is 0 Å². The first-order valence-corrected chi connectivity index (χ1v) is 4.34. The molecule has 0 saturated carbocycles. The first kappa shape index (κ1) is 12.0. The average Bonchev–Trinajstić information content (AvgIpc) is 2.17. The summed E-state index contributed by atoms with van der Waals surface area (Å²) in [4.78, 5) is 0. The summed E-state index contributed by atoms with van der Waals surface area (Å²) in [5, 5.41) is 0. The van der Waals surface area contributed by atoms with Gasteiger partial charge in [0.15, 0.2) is 0 Å². The number of alkyl halides is 3. The van der Waals surface area contributed by atoms with Gasteiger partial charge in [-0.2, -0.15) is 13.2 Å². The molecule has 5 heteroatoms. The molecule has 0 aliphatic heterocycles. The van der Waals surface area contributed by atoms with E-state index in [1.807, 2.05) is 30.3 Å². The van der Waals surface area contributed by atoms with Crippen LogP contribution in [0.25, 0.3) is 0 Å². The predicted octanol–water partition coefficient (Wildman–Crippen LogP) is 2.74. The van der Waals surface area contributed by atoms with Crippen molar-refractivity contribution in [2.75, 3.05) is 13.4 Å². The van der Waals surface area contributed by atoms with Crippen molar-refractivity contribution in [3.8, 4) is 0 Å². The van der Waals surface area contributed by atoms with Crippen molar-refractivity contribution in [3.63, 3.8) is 0 Å². The molecule has 0 bridgehead atoms. The Morgan fingerprint density at radius 3 is 2.27 bits per heavy atom. The largest absolute Gasteiger partial charge is 0.411 e. The molecule has 15 heavy (non-hydrogen) atoms. The van der Waals surface area contributed by atoms with E-state index >= 15 is 0 Å². The van der Waals surface area contributed by atoms with Gasteiger partial charge in [-0.25, -0.2) is 0 Å². The van der Waals surface area contributed by atoms with Gasteiger partial charge in [-0.1, -0.05) is 30.3 Å². The highest BCUT2D eigenvalue weighted by molar-refractivity contribution is 5.13. The van der Waals surface area contributed by atoms with E-state index < -0.39 is 12.8 Å². The molecule has 0 fully saturated rings. The fraction of sp³-hybridized carbons (Fsp3) is 0.400. The van der Waals surface area contributed by atoms with Crippen LogP contribution in [0.2, 0.25) is 0 Å². The van der Waals surface area contributed by atoms with Crippen LogP contribution in [-0.4, -0.2) is 19.6 Å². The second-order valence-corrected chi connectivity index (χ2v) is 2.92. The van der Waals surface area contributed by atoms with Crippen LogP contribution in [0, 0.1) is 0 Å². The number of rotatable bonds is 5. The summed E-state index contributed by atoms with van der Waals surface area (Å²) >= 11 is 0. The Morgan fingerprint density at radius 2 is 1.67 bits per heavy atom. The molecule has 2 nitrogen and oxygen atoms in total. The second-order valence-electron chi connectivity index (χ2n) is 2.92. The molecule has 0 N–H and O–H groups in total. The maximum Gasteiger partial charge on any atom is 0.411 e. The van der Waals surface area contributed by atoms with Crippen molar-refractivity contribution in [2.45, 2.75) is 12.8 Å².